The first-order valence-corrected chi connectivity index (χ1v) is 15.4. The van der Waals surface area contributed by atoms with Gasteiger partial charge in [-0.15, -0.1) is 0 Å². The van der Waals surface area contributed by atoms with Gasteiger partial charge in [-0.05, 0) is 55.8 Å². The van der Waals surface area contributed by atoms with Crippen LogP contribution in [0.1, 0.15) is 19.4 Å². The van der Waals surface area contributed by atoms with E-state index in [0.717, 1.165) is 44.6 Å². The minimum Gasteiger partial charge on any atom is -0.383 e. The molecule has 0 unspecified atom stereocenters. The molecule has 2 N–H and O–H groups in total. The minimum atomic E-state index is -3.47. The fraction of sp³-hybridized carbons (Fsp3) is 0.219. The lowest BCUT2D eigenvalue weighted by Crippen LogP contribution is -2.57. The topological polar surface area (TPSA) is 110 Å². The van der Waals surface area contributed by atoms with Crippen LogP contribution >= 0.6 is 0 Å². The Morgan fingerprint density at radius 2 is 1.64 bits per heavy atom. The Kier molecular flexibility index (Phi) is 7.36. The number of nitrogens with zero attached hydrogens (tertiary/aromatic N) is 6. The Morgan fingerprint density at radius 3 is 2.31 bits per heavy atom. The first kappa shape index (κ1) is 27.8. The first-order chi connectivity index (χ1) is 20.2. The second-order valence-corrected chi connectivity index (χ2v) is 12.5. The first-order valence-electron chi connectivity index (χ1n) is 13.9. The van der Waals surface area contributed by atoms with Crippen LogP contribution in [0.4, 0.5) is 5.82 Å². The average Bonchev–Trinajstić information content (AvgIpc) is 3.36. The molecule has 0 aliphatic carbocycles. The summed E-state index contributed by atoms with van der Waals surface area (Å²) in [6.45, 7) is 9.38. The molecule has 4 heterocycles. The van der Waals surface area contributed by atoms with Crippen molar-refractivity contribution in [3.05, 3.63) is 103 Å². The third-order valence-electron chi connectivity index (χ3n) is 7.67. The van der Waals surface area contributed by atoms with E-state index in [2.05, 4.69) is 40.7 Å². The number of sulfonamides is 1. The van der Waals surface area contributed by atoms with Gasteiger partial charge in [0.2, 0.25) is 10.0 Å². The molecule has 2 aromatic carbocycles. The molecule has 9 nitrogen and oxygen atoms in total. The highest BCUT2D eigenvalue weighted by Gasteiger charge is 2.36. The van der Waals surface area contributed by atoms with E-state index in [1.165, 1.54) is 0 Å². The summed E-state index contributed by atoms with van der Waals surface area (Å²) in [4.78, 5) is 16.6. The third-order valence-corrected chi connectivity index (χ3v) is 9.40. The van der Waals surface area contributed by atoms with Gasteiger partial charge in [0.05, 0.1) is 11.3 Å². The van der Waals surface area contributed by atoms with Crippen molar-refractivity contribution in [3.63, 3.8) is 0 Å². The number of nitrogens with two attached hydrogens (primary N) is 1. The summed E-state index contributed by atoms with van der Waals surface area (Å²) in [7, 11) is -3.47. The Hall–Kier alpha value is -4.38. The molecular weight excluding hydrogens is 546 g/mol. The predicted molar refractivity (Wildman–Crippen MR) is 167 cm³/mol. The molecule has 214 valence electrons. The van der Waals surface area contributed by atoms with Gasteiger partial charge in [-0.2, -0.15) is 4.31 Å². The van der Waals surface area contributed by atoms with E-state index >= 15 is 0 Å². The molecule has 1 saturated heterocycles. The lowest BCUT2D eigenvalue weighted by Gasteiger charge is -2.42. The lowest BCUT2D eigenvalue weighted by atomic mass is 10.1. The Bertz CT molecular complexity index is 1840. The minimum absolute atomic E-state index is 0.147. The molecule has 0 amide bonds. The second-order valence-electron chi connectivity index (χ2n) is 10.7. The van der Waals surface area contributed by atoms with Crippen LogP contribution in [0.2, 0.25) is 0 Å². The van der Waals surface area contributed by atoms with Crippen molar-refractivity contribution in [2.45, 2.75) is 32.5 Å². The molecule has 0 bridgehead atoms. The van der Waals surface area contributed by atoms with Gasteiger partial charge in [-0.3, -0.25) is 9.47 Å². The maximum Gasteiger partial charge on any atom is 0.236 e. The van der Waals surface area contributed by atoms with E-state index in [9.17, 15) is 8.42 Å². The summed E-state index contributed by atoms with van der Waals surface area (Å²) in [5.74, 6) is 1.07. The maximum atomic E-state index is 12.5. The number of nitrogen functional groups attached to an aromatic ring is 1. The summed E-state index contributed by atoms with van der Waals surface area (Å²) in [5, 5.41) is 1.04. The van der Waals surface area contributed by atoms with Crippen LogP contribution in [0.3, 0.4) is 0 Å². The summed E-state index contributed by atoms with van der Waals surface area (Å²) >= 11 is 0. The highest BCUT2D eigenvalue weighted by Crippen LogP contribution is 2.32. The lowest BCUT2D eigenvalue weighted by molar-refractivity contribution is 0.0974. The van der Waals surface area contributed by atoms with Gasteiger partial charge in [-0.1, -0.05) is 49.0 Å². The molecule has 1 fully saturated rings. The van der Waals surface area contributed by atoms with Gasteiger partial charge in [0.15, 0.2) is 11.5 Å². The van der Waals surface area contributed by atoms with Gasteiger partial charge in [0.25, 0.3) is 0 Å². The van der Waals surface area contributed by atoms with Crippen molar-refractivity contribution in [3.8, 4) is 28.3 Å². The van der Waals surface area contributed by atoms with Crippen molar-refractivity contribution >= 4 is 27.0 Å². The Labute approximate surface area is 246 Å². The molecule has 2 atom stereocenters. The number of imidazole rings is 1. The van der Waals surface area contributed by atoms with Crippen LogP contribution in [-0.2, 0) is 16.6 Å². The molecule has 5 aromatic rings. The van der Waals surface area contributed by atoms with E-state index in [0.29, 0.717) is 31.3 Å². The van der Waals surface area contributed by atoms with E-state index in [-0.39, 0.29) is 12.1 Å². The van der Waals surface area contributed by atoms with Crippen LogP contribution in [0, 0.1) is 0 Å². The second kappa shape index (κ2) is 11.1. The molecule has 1 aliphatic heterocycles. The van der Waals surface area contributed by atoms with E-state index < -0.39 is 10.0 Å². The number of piperazine rings is 1. The zero-order chi connectivity index (χ0) is 29.4. The van der Waals surface area contributed by atoms with E-state index in [1.54, 1.807) is 10.5 Å². The van der Waals surface area contributed by atoms with Crippen LogP contribution in [0.5, 0.6) is 0 Å². The van der Waals surface area contributed by atoms with Crippen LogP contribution in [0.15, 0.2) is 97.0 Å². The van der Waals surface area contributed by atoms with Gasteiger partial charge < -0.3 is 5.73 Å². The van der Waals surface area contributed by atoms with Crippen molar-refractivity contribution < 1.29 is 8.42 Å². The van der Waals surface area contributed by atoms with Crippen molar-refractivity contribution in [2.24, 2.45) is 0 Å². The molecule has 1 aliphatic rings. The van der Waals surface area contributed by atoms with E-state index in [4.69, 9.17) is 15.7 Å². The Balaban J connectivity index is 1.35. The summed E-state index contributed by atoms with van der Waals surface area (Å²) < 4.78 is 28.6. The number of anilines is 1. The quantitative estimate of drug-likeness (QED) is 0.286. The predicted octanol–water partition coefficient (Wildman–Crippen LogP) is 5.10. The number of benzene rings is 2. The smallest absolute Gasteiger partial charge is 0.236 e. The number of aromatic nitrogens is 4. The van der Waals surface area contributed by atoms with Crippen LogP contribution < -0.4 is 5.73 Å². The molecule has 3 aromatic heterocycles. The SMILES string of the molecule is C=CS(=O)(=O)N1[C@H](C)CN(Cc2ccc(-n3c(-c4cccnc4N)nc4ccc(-c5ccccc5)nc43)cc2)C[C@H]1C. The highest BCUT2D eigenvalue weighted by atomic mass is 32.2. The van der Waals surface area contributed by atoms with Gasteiger partial charge in [-0.25, -0.2) is 23.4 Å². The van der Waals surface area contributed by atoms with Gasteiger partial charge >= 0.3 is 0 Å². The highest BCUT2D eigenvalue weighted by molar-refractivity contribution is 7.92. The number of rotatable bonds is 7. The standard InChI is InChI=1S/C32H33N7O2S/c1-4-42(40,41)39-22(2)19-37(20-23(39)3)21-24-12-14-26(15-13-24)38-31(27-11-8-18-34-30(27)33)36-29-17-16-28(35-32(29)38)25-9-6-5-7-10-25/h4-18,22-23H,1,19-21H2,2-3H3,(H2,33,34)/t22-,23-/m1/s1. The number of hydrogen-bond donors (Lipinski definition) is 1. The fourth-order valence-electron chi connectivity index (χ4n) is 5.90. The number of hydrogen-bond acceptors (Lipinski definition) is 7. The van der Waals surface area contributed by atoms with Gasteiger partial charge in [0, 0.05) is 54.6 Å². The molecule has 0 spiro atoms. The molecule has 6 rings (SSSR count). The van der Waals surface area contributed by atoms with Gasteiger partial charge in [0.1, 0.15) is 11.3 Å². The molecule has 0 radical (unpaired) electrons. The summed E-state index contributed by atoms with van der Waals surface area (Å²) in [6, 6.07) is 25.8. The van der Waals surface area contributed by atoms with Crippen LogP contribution in [0.25, 0.3) is 39.5 Å². The van der Waals surface area contributed by atoms with E-state index in [1.807, 2.05) is 73.0 Å². The number of fused-ring (bicyclic) bond motifs is 1. The molecule has 10 heteroatoms. The normalized spacial score (nSPS) is 18.3. The third kappa shape index (κ3) is 5.20. The zero-order valence-electron chi connectivity index (χ0n) is 23.6. The fourth-order valence-corrected chi connectivity index (χ4v) is 7.21. The number of pyridine rings is 2. The monoisotopic (exact) mass is 579 g/mol. The van der Waals surface area contributed by atoms with Crippen molar-refractivity contribution in [1.29, 1.82) is 0 Å². The molecule has 42 heavy (non-hydrogen) atoms. The zero-order valence-corrected chi connectivity index (χ0v) is 24.4. The summed E-state index contributed by atoms with van der Waals surface area (Å²) in [5.41, 5.74) is 12.4. The molecular formula is C32H33N7O2S. The largest absolute Gasteiger partial charge is 0.383 e. The summed E-state index contributed by atoms with van der Waals surface area (Å²) in [6.07, 6.45) is 1.67. The van der Waals surface area contributed by atoms with Crippen LogP contribution in [-0.4, -0.2) is 62.3 Å². The average molecular weight is 580 g/mol. The molecule has 0 saturated carbocycles. The van der Waals surface area contributed by atoms with Crippen molar-refractivity contribution in [2.75, 3.05) is 18.8 Å². The Morgan fingerprint density at radius 1 is 0.929 bits per heavy atom. The van der Waals surface area contributed by atoms with Crippen molar-refractivity contribution in [1.82, 2.24) is 28.7 Å². The maximum absolute atomic E-state index is 12.5.